The molecule has 0 atom stereocenters. The summed E-state index contributed by atoms with van der Waals surface area (Å²) in [6.45, 7) is 16.5. The van der Waals surface area contributed by atoms with E-state index < -0.39 is 5.41 Å². The highest BCUT2D eigenvalue weighted by atomic mass is 16.1. The van der Waals surface area contributed by atoms with Crippen molar-refractivity contribution >= 4 is 17.2 Å². The Morgan fingerprint density at radius 3 is 2.55 bits per heavy atom. The van der Waals surface area contributed by atoms with Crippen LogP contribution < -0.4 is 4.90 Å². The first kappa shape index (κ1) is 22.7. The SMILES string of the molecule is [C-]#[N+]c1ccc2c(c1)C(CC=C)(CC=C)/C(=C/C(=O)c1ccccn1)N2CC1CCCCC1. The Balaban J connectivity index is 1.89. The molecule has 4 heteroatoms. The van der Waals surface area contributed by atoms with Crippen LogP contribution in [0.25, 0.3) is 4.85 Å². The maximum Gasteiger partial charge on any atom is 0.205 e. The lowest BCUT2D eigenvalue weighted by molar-refractivity contribution is 0.104. The van der Waals surface area contributed by atoms with Crippen LogP contribution in [-0.4, -0.2) is 17.3 Å². The fraction of sp³-hybridized carbons (Fsp3) is 0.345. The van der Waals surface area contributed by atoms with Crippen molar-refractivity contribution in [2.24, 2.45) is 5.92 Å². The van der Waals surface area contributed by atoms with Crippen molar-refractivity contribution in [3.63, 3.8) is 0 Å². The summed E-state index contributed by atoms with van der Waals surface area (Å²) in [6.07, 6.45) is 14.8. The summed E-state index contributed by atoms with van der Waals surface area (Å²) in [6, 6.07) is 11.3. The Kier molecular flexibility index (Phi) is 6.89. The lowest BCUT2D eigenvalue weighted by atomic mass is 9.73. The van der Waals surface area contributed by atoms with Gasteiger partial charge in [-0.15, -0.1) is 13.2 Å². The van der Waals surface area contributed by atoms with Crippen molar-refractivity contribution in [2.75, 3.05) is 11.4 Å². The van der Waals surface area contributed by atoms with Gasteiger partial charge in [-0.3, -0.25) is 9.78 Å². The number of ketones is 1. The van der Waals surface area contributed by atoms with Crippen LogP contribution in [0.4, 0.5) is 11.4 Å². The van der Waals surface area contributed by atoms with E-state index in [1.165, 1.54) is 32.1 Å². The van der Waals surface area contributed by atoms with E-state index >= 15 is 0 Å². The van der Waals surface area contributed by atoms with Crippen molar-refractivity contribution in [3.8, 4) is 0 Å². The summed E-state index contributed by atoms with van der Waals surface area (Å²) in [5.74, 6) is 0.485. The van der Waals surface area contributed by atoms with E-state index in [1.807, 2.05) is 36.4 Å². The second kappa shape index (κ2) is 10.0. The Bertz CT molecular complexity index is 1090. The number of allylic oxidation sites excluding steroid dienone is 4. The van der Waals surface area contributed by atoms with Crippen LogP contribution in [0.1, 0.15) is 61.0 Å². The van der Waals surface area contributed by atoms with Gasteiger partial charge in [0.2, 0.25) is 5.78 Å². The van der Waals surface area contributed by atoms with E-state index in [2.05, 4.69) is 34.0 Å². The zero-order chi connectivity index (χ0) is 23.3. The molecular formula is C29H31N3O. The third-order valence-corrected chi connectivity index (χ3v) is 7.03. The molecule has 1 aliphatic heterocycles. The zero-order valence-corrected chi connectivity index (χ0v) is 19.2. The topological polar surface area (TPSA) is 37.6 Å². The number of hydrogen-bond acceptors (Lipinski definition) is 3. The van der Waals surface area contributed by atoms with Gasteiger partial charge in [0.15, 0.2) is 5.69 Å². The predicted octanol–water partition coefficient (Wildman–Crippen LogP) is 7.19. The largest absolute Gasteiger partial charge is 0.344 e. The van der Waals surface area contributed by atoms with Gasteiger partial charge in [-0.1, -0.05) is 49.6 Å². The zero-order valence-electron chi connectivity index (χ0n) is 19.2. The van der Waals surface area contributed by atoms with Crippen molar-refractivity contribution < 1.29 is 4.79 Å². The molecule has 1 aromatic carbocycles. The number of nitrogens with zero attached hydrogens (tertiary/aromatic N) is 3. The Morgan fingerprint density at radius 1 is 1.15 bits per heavy atom. The molecule has 2 aliphatic rings. The van der Waals surface area contributed by atoms with Crippen molar-refractivity contribution in [1.82, 2.24) is 4.98 Å². The van der Waals surface area contributed by atoms with Gasteiger partial charge in [0.1, 0.15) is 5.69 Å². The Hall–Kier alpha value is -3.45. The Labute approximate surface area is 197 Å². The van der Waals surface area contributed by atoms with E-state index in [0.29, 0.717) is 30.1 Å². The van der Waals surface area contributed by atoms with E-state index in [-0.39, 0.29) is 5.78 Å². The normalized spacial score (nSPS) is 18.5. The molecule has 0 spiro atoms. The molecule has 1 saturated carbocycles. The molecular weight excluding hydrogens is 406 g/mol. The van der Waals surface area contributed by atoms with Gasteiger partial charge >= 0.3 is 0 Å². The summed E-state index contributed by atoms with van der Waals surface area (Å²) >= 11 is 0. The molecule has 0 bridgehead atoms. The van der Waals surface area contributed by atoms with Crippen LogP contribution in [-0.2, 0) is 5.41 Å². The molecule has 0 radical (unpaired) electrons. The first-order chi connectivity index (χ1) is 16.1. The molecule has 4 rings (SSSR count). The molecule has 0 saturated heterocycles. The van der Waals surface area contributed by atoms with Crippen molar-refractivity contribution in [3.05, 3.63) is 102 Å². The number of fused-ring (bicyclic) bond motifs is 1. The van der Waals surface area contributed by atoms with Crippen LogP contribution >= 0.6 is 0 Å². The third kappa shape index (κ3) is 4.41. The van der Waals surface area contributed by atoms with Gasteiger partial charge in [0.25, 0.3) is 0 Å². The van der Waals surface area contributed by atoms with Crippen molar-refractivity contribution in [1.29, 1.82) is 0 Å². The first-order valence-electron chi connectivity index (χ1n) is 11.8. The minimum absolute atomic E-state index is 0.102. The second-order valence-electron chi connectivity index (χ2n) is 9.10. The Morgan fingerprint density at radius 2 is 1.91 bits per heavy atom. The van der Waals surface area contributed by atoms with E-state index in [1.54, 1.807) is 18.3 Å². The number of aromatic nitrogens is 1. The maximum absolute atomic E-state index is 13.3. The predicted molar refractivity (Wildman–Crippen MR) is 135 cm³/mol. The highest BCUT2D eigenvalue weighted by molar-refractivity contribution is 6.04. The molecule has 33 heavy (non-hydrogen) atoms. The smallest absolute Gasteiger partial charge is 0.205 e. The van der Waals surface area contributed by atoms with Crippen LogP contribution in [0.3, 0.4) is 0 Å². The molecule has 1 aromatic heterocycles. The van der Waals surface area contributed by atoms with E-state index in [0.717, 1.165) is 23.5 Å². The summed E-state index contributed by atoms with van der Waals surface area (Å²) in [5.41, 5.74) is 3.73. The molecule has 0 amide bonds. The minimum atomic E-state index is -0.474. The van der Waals surface area contributed by atoms with Crippen LogP contribution in [0.2, 0.25) is 0 Å². The quantitative estimate of drug-likeness (QED) is 0.190. The molecule has 0 N–H and O–H groups in total. The maximum atomic E-state index is 13.3. The summed E-state index contributed by atoms with van der Waals surface area (Å²) in [7, 11) is 0. The fourth-order valence-corrected chi connectivity index (χ4v) is 5.49. The highest BCUT2D eigenvalue weighted by Gasteiger charge is 2.46. The molecule has 4 nitrogen and oxygen atoms in total. The number of benzene rings is 1. The van der Waals surface area contributed by atoms with E-state index in [9.17, 15) is 4.79 Å². The molecule has 168 valence electrons. The average Bonchev–Trinajstić information content (AvgIpc) is 3.09. The lowest BCUT2D eigenvalue weighted by Gasteiger charge is -2.35. The van der Waals surface area contributed by atoms with Crippen LogP contribution in [0, 0.1) is 12.5 Å². The highest BCUT2D eigenvalue weighted by Crippen LogP contribution is 2.54. The summed E-state index contributed by atoms with van der Waals surface area (Å²) in [5, 5.41) is 0. The average molecular weight is 438 g/mol. The van der Waals surface area contributed by atoms with Gasteiger partial charge in [0.05, 0.1) is 6.57 Å². The fourth-order valence-electron chi connectivity index (χ4n) is 5.49. The number of carbonyl (C=O) groups is 1. The van der Waals surface area contributed by atoms with Gasteiger partial charge in [-0.25, -0.2) is 4.85 Å². The van der Waals surface area contributed by atoms with Crippen molar-refractivity contribution in [2.45, 2.75) is 50.4 Å². The third-order valence-electron chi connectivity index (χ3n) is 7.03. The van der Waals surface area contributed by atoms with Crippen LogP contribution in [0.15, 0.2) is 79.7 Å². The number of pyridine rings is 1. The molecule has 1 aliphatic carbocycles. The minimum Gasteiger partial charge on any atom is -0.344 e. The van der Waals surface area contributed by atoms with Gasteiger partial charge < -0.3 is 4.90 Å². The summed E-state index contributed by atoms with van der Waals surface area (Å²) in [4.78, 5) is 23.7. The molecule has 0 unspecified atom stereocenters. The first-order valence-corrected chi connectivity index (χ1v) is 11.8. The number of anilines is 1. The van der Waals surface area contributed by atoms with E-state index in [4.69, 9.17) is 6.57 Å². The van der Waals surface area contributed by atoms with Gasteiger partial charge in [0, 0.05) is 35.6 Å². The lowest BCUT2D eigenvalue weighted by Crippen LogP contribution is -2.34. The molecule has 1 fully saturated rings. The monoisotopic (exact) mass is 437 g/mol. The standard InChI is InChI=1S/C29H31N3O/c1-4-16-29(17-5-2)24-19-23(30-3)14-15-26(24)32(21-22-11-7-6-8-12-22)28(29)20-27(33)25-13-9-10-18-31-25/h4-5,9-10,13-15,18-20,22H,1-2,6-8,11-12,16-17,21H2/b28-20-. The van der Waals surface area contributed by atoms with Gasteiger partial charge in [-0.05, 0) is 55.4 Å². The summed E-state index contributed by atoms with van der Waals surface area (Å²) < 4.78 is 0. The number of rotatable bonds is 8. The number of carbonyl (C=O) groups excluding carboxylic acids is 1. The molecule has 2 aromatic rings. The molecule has 2 heterocycles. The van der Waals surface area contributed by atoms with Gasteiger partial charge in [-0.2, -0.15) is 0 Å². The second-order valence-corrected chi connectivity index (χ2v) is 9.10. The number of hydrogen-bond donors (Lipinski definition) is 0. The van der Waals surface area contributed by atoms with Crippen LogP contribution in [0.5, 0.6) is 0 Å².